The van der Waals surface area contributed by atoms with Crippen LogP contribution in [0.3, 0.4) is 0 Å². The normalized spacial score (nSPS) is 11.7. The van der Waals surface area contributed by atoms with Gasteiger partial charge < -0.3 is 14.8 Å². The van der Waals surface area contributed by atoms with Crippen molar-refractivity contribution in [2.24, 2.45) is 0 Å². The first kappa shape index (κ1) is 22.7. The number of nitrogens with one attached hydrogen (secondary N) is 1. The van der Waals surface area contributed by atoms with Gasteiger partial charge in [0.1, 0.15) is 0 Å². The van der Waals surface area contributed by atoms with E-state index in [4.69, 9.17) is 4.74 Å². The highest BCUT2D eigenvalue weighted by molar-refractivity contribution is 7.89. The second kappa shape index (κ2) is 9.42. The van der Waals surface area contributed by atoms with Gasteiger partial charge >= 0.3 is 5.97 Å². The molecule has 2 N–H and O–H groups in total. The Kier molecular flexibility index (Phi) is 6.89. The number of aliphatic hydroxyl groups is 1. The van der Waals surface area contributed by atoms with E-state index in [1.165, 1.54) is 24.3 Å². The summed E-state index contributed by atoms with van der Waals surface area (Å²) >= 11 is 0. The lowest BCUT2D eigenvalue weighted by molar-refractivity contribution is 0.0526. The van der Waals surface area contributed by atoms with Crippen molar-refractivity contribution in [3.05, 3.63) is 75.6 Å². The molecule has 3 rings (SSSR count). The Bertz CT molecular complexity index is 1250. The minimum Gasteiger partial charge on any atom is -0.462 e. The summed E-state index contributed by atoms with van der Waals surface area (Å²) in [5, 5.41) is 10.2. The maximum absolute atomic E-state index is 13.1. The number of aromatic nitrogens is 1. The summed E-state index contributed by atoms with van der Waals surface area (Å²) in [7, 11) is -4.02. The lowest BCUT2D eigenvalue weighted by atomic mass is 10.1. The molecule has 2 aromatic carbocycles. The van der Waals surface area contributed by atoms with Crippen LogP contribution in [0, 0.1) is 6.92 Å². The van der Waals surface area contributed by atoms with Crippen LogP contribution < -0.4 is 5.56 Å². The molecule has 3 aromatic rings. The zero-order valence-electron chi connectivity index (χ0n) is 17.3. The Balaban J connectivity index is 1.93. The van der Waals surface area contributed by atoms with Crippen molar-refractivity contribution in [3.63, 3.8) is 0 Å². The number of pyridine rings is 1. The molecule has 1 heterocycles. The second-order valence-electron chi connectivity index (χ2n) is 7.02. The smallest absolute Gasteiger partial charge is 0.338 e. The molecule has 8 nitrogen and oxygen atoms in total. The summed E-state index contributed by atoms with van der Waals surface area (Å²) in [4.78, 5) is 27.1. The highest BCUT2D eigenvalue weighted by Crippen LogP contribution is 2.20. The molecule has 0 unspecified atom stereocenters. The van der Waals surface area contributed by atoms with Crippen LogP contribution in [0.2, 0.25) is 0 Å². The van der Waals surface area contributed by atoms with Crippen molar-refractivity contribution in [1.82, 2.24) is 9.29 Å². The van der Waals surface area contributed by atoms with E-state index in [0.717, 1.165) is 15.3 Å². The number of aromatic amines is 1. The Labute approximate surface area is 180 Å². The Morgan fingerprint density at radius 2 is 1.84 bits per heavy atom. The zero-order valence-corrected chi connectivity index (χ0v) is 18.1. The molecule has 0 bridgehead atoms. The molecule has 0 saturated carbocycles. The molecule has 0 radical (unpaired) electrons. The third-order valence-electron chi connectivity index (χ3n) is 4.78. The molecule has 0 aliphatic heterocycles. The maximum Gasteiger partial charge on any atom is 0.338 e. The van der Waals surface area contributed by atoms with E-state index in [1.54, 1.807) is 13.0 Å². The van der Waals surface area contributed by atoms with Crippen LogP contribution in [-0.2, 0) is 21.3 Å². The largest absolute Gasteiger partial charge is 0.462 e. The molecule has 0 fully saturated rings. The summed E-state index contributed by atoms with van der Waals surface area (Å²) < 4.78 is 32.2. The van der Waals surface area contributed by atoms with Gasteiger partial charge in [-0.2, -0.15) is 4.31 Å². The highest BCUT2D eigenvalue weighted by Gasteiger charge is 2.25. The van der Waals surface area contributed by atoms with Gasteiger partial charge in [-0.1, -0.05) is 12.1 Å². The minimum atomic E-state index is -4.02. The number of hydrogen-bond acceptors (Lipinski definition) is 6. The van der Waals surface area contributed by atoms with E-state index in [2.05, 4.69) is 4.98 Å². The molecule has 1 aromatic heterocycles. The number of esters is 1. The molecule has 9 heteroatoms. The van der Waals surface area contributed by atoms with Crippen LogP contribution in [0.15, 0.2) is 58.2 Å². The van der Waals surface area contributed by atoms with Gasteiger partial charge in [0.2, 0.25) is 10.0 Å². The highest BCUT2D eigenvalue weighted by atomic mass is 32.2. The summed E-state index contributed by atoms with van der Waals surface area (Å²) in [6.07, 6.45) is 0. The number of H-pyrrole nitrogens is 1. The molecule has 0 aliphatic rings. The summed E-state index contributed by atoms with van der Waals surface area (Å²) in [5.41, 5.74) is 1.76. The lowest BCUT2D eigenvalue weighted by Crippen LogP contribution is -2.35. The standard InChI is InChI=1S/C22H24N2O6S/c1-3-30-22(27)16-6-8-19(9-7-16)31(28,29)24(10-11-25)14-18-13-17-5-4-15(2)12-20(17)23-21(18)26/h4-9,12-13,25H,3,10-11,14H2,1-2H3,(H,23,26). The number of hydrogen-bond donors (Lipinski definition) is 2. The van der Waals surface area contributed by atoms with E-state index < -0.39 is 28.2 Å². The number of nitrogens with zero attached hydrogens (tertiary/aromatic N) is 1. The van der Waals surface area contributed by atoms with Gasteiger partial charge in [0.15, 0.2) is 0 Å². The van der Waals surface area contributed by atoms with Crippen molar-refractivity contribution < 1.29 is 23.1 Å². The second-order valence-corrected chi connectivity index (χ2v) is 8.96. The molecule has 0 saturated heterocycles. The average Bonchev–Trinajstić information content (AvgIpc) is 2.74. The van der Waals surface area contributed by atoms with E-state index in [1.807, 2.05) is 25.1 Å². The van der Waals surface area contributed by atoms with Crippen molar-refractivity contribution >= 4 is 26.9 Å². The van der Waals surface area contributed by atoms with Crippen LogP contribution in [0.4, 0.5) is 0 Å². The van der Waals surface area contributed by atoms with Crippen molar-refractivity contribution in [2.45, 2.75) is 25.3 Å². The topological polar surface area (TPSA) is 117 Å². The van der Waals surface area contributed by atoms with Crippen LogP contribution in [0.25, 0.3) is 10.9 Å². The molecule has 0 amide bonds. The predicted molar refractivity (Wildman–Crippen MR) is 116 cm³/mol. The Hall–Kier alpha value is -3.01. The molecule has 0 atom stereocenters. The number of aliphatic hydroxyl groups excluding tert-OH is 1. The minimum absolute atomic E-state index is 0.0539. The van der Waals surface area contributed by atoms with Crippen LogP contribution in [0.5, 0.6) is 0 Å². The summed E-state index contributed by atoms with van der Waals surface area (Å²) in [6.45, 7) is 3.00. The number of rotatable bonds is 8. The number of fused-ring (bicyclic) bond motifs is 1. The van der Waals surface area contributed by atoms with E-state index in [-0.39, 0.29) is 35.7 Å². The number of sulfonamides is 1. The number of aryl methyl sites for hydroxylation is 1. The fraction of sp³-hybridized carbons (Fsp3) is 0.273. The van der Waals surface area contributed by atoms with E-state index >= 15 is 0 Å². The van der Waals surface area contributed by atoms with Crippen LogP contribution in [-0.4, -0.2) is 48.5 Å². The lowest BCUT2D eigenvalue weighted by Gasteiger charge is -2.21. The quantitative estimate of drug-likeness (QED) is 0.515. The van der Waals surface area contributed by atoms with Crippen molar-refractivity contribution in [1.29, 1.82) is 0 Å². The molecule has 0 aliphatic carbocycles. The number of carbonyl (C=O) groups excluding carboxylic acids is 1. The van der Waals surface area contributed by atoms with Gasteiger partial charge in [-0.15, -0.1) is 0 Å². The fourth-order valence-corrected chi connectivity index (χ4v) is 4.60. The van der Waals surface area contributed by atoms with Crippen molar-refractivity contribution in [2.75, 3.05) is 19.8 Å². The first-order valence-corrected chi connectivity index (χ1v) is 11.2. The van der Waals surface area contributed by atoms with Gasteiger partial charge in [-0.25, -0.2) is 13.2 Å². The number of benzene rings is 2. The van der Waals surface area contributed by atoms with Gasteiger partial charge in [0, 0.05) is 24.2 Å². The SMILES string of the molecule is CCOC(=O)c1ccc(S(=O)(=O)N(CCO)Cc2cc3ccc(C)cc3[nH]c2=O)cc1. The molecule has 0 spiro atoms. The molecule has 164 valence electrons. The number of carbonyl (C=O) groups is 1. The van der Waals surface area contributed by atoms with Gasteiger partial charge in [-0.3, -0.25) is 4.79 Å². The monoisotopic (exact) mass is 444 g/mol. The maximum atomic E-state index is 13.1. The molecular formula is C22H24N2O6S. The van der Waals surface area contributed by atoms with Crippen LogP contribution in [0.1, 0.15) is 28.4 Å². The van der Waals surface area contributed by atoms with Gasteiger partial charge in [0.05, 0.1) is 23.7 Å². The Morgan fingerprint density at radius 1 is 1.13 bits per heavy atom. The summed E-state index contributed by atoms with van der Waals surface area (Å²) in [5.74, 6) is -0.545. The summed E-state index contributed by atoms with van der Waals surface area (Å²) in [6, 6.07) is 12.6. The third-order valence-corrected chi connectivity index (χ3v) is 6.64. The van der Waals surface area contributed by atoms with Crippen molar-refractivity contribution in [3.8, 4) is 0 Å². The van der Waals surface area contributed by atoms with E-state index in [0.29, 0.717) is 5.52 Å². The fourth-order valence-electron chi connectivity index (χ4n) is 3.19. The first-order chi connectivity index (χ1) is 14.8. The van der Waals surface area contributed by atoms with E-state index in [9.17, 15) is 23.1 Å². The third kappa shape index (κ3) is 5.01. The molecular weight excluding hydrogens is 420 g/mol. The first-order valence-electron chi connectivity index (χ1n) is 9.77. The Morgan fingerprint density at radius 3 is 2.48 bits per heavy atom. The average molecular weight is 445 g/mol. The predicted octanol–water partition coefficient (Wildman–Crippen LogP) is 2.20. The van der Waals surface area contributed by atoms with Gasteiger partial charge in [0.25, 0.3) is 5.56 Å². The van der Waals surface area contributed by atoms with Gasteiger partial charge in [-0.05, 0) is 61.2 Å². The zero-order chi connectivity index (χ0) is 22.6. The van der Waals surface area contributed by atoms with Crippen LogP contribution >= 0.6 is 0 Å². The number of ether oxygens (including phenoxy) is 1. The molecule has 31 heavy (non-hydrogen) atoms.